The van der Waals surface area contributed by atoms with Crippen LogP contribution in [-0.4, -0.2) is 10.5 Å². The Morgan fingerprint density at radius 1 is 0.765 bits per heavy atom. The van der Waals surface area contributed by atoms with Gasteiger partial charge >= 0.3 is 0 Å². The lowest BCUT2D eigenvalue weighted by Crippen LogP contribution is -2.21. The van der Waals surface area contributed by atoms with Crippen molar-refractivity contribution in [2.24, 2.45) is 0 Å². The molecule has 5 aromatic rings. The van der Waals surface area contributed by atoms with Crippen molar-refractivity contribution in [2.75, 3.05) is 5.32 Å². The summed E-state index contributed by atoms with van der Waals surface area (Å²) in [5.74, 6) is -0.145. The van der Waals surface area contributed by atoms with E-state index in [1.165, 1.54) is 16.0 Å². The quantitative estimate of drug-likeness (QED) is 0.300. The molecule has 0 bridgehead atoms. The van der Waals surface area contributed by atoms with Gasteiger partial charge in [-0.05, 0) is 85.6 Å². The van der Waals surface area contributed by atoms with Crippen molar-refractivity contribution < 1.29 is 4.79 Å². The minimum absolute atomic E-state index is 0.0142. The number of hydrogen-bond donors (Lipinski definition) is 1. The van der Waals surface area contributed by atoms with Gasteiger partial charge in [0.1, 0.15) is 6.54 Å². The lowest BCUT2D eigenvalue weighted by atomic mass is 10.1. The third kappa shape index (κ3) is 4.35. The van der Waals surface area contributed by atoms with Crippen LogP contribution in [0.3, 0.4) is 0 Å². The van der Waals surface area contributed by atoms with Gasteiger partial charge in [-0.2, -0.15) is 0 Å². The minimum atomic E-state index is -0.145. The Kier molecular flexibility index (Phi) is 5.95. The van der Waals surface area contributed by atoms with Gasteiger partial charge < -0.3 is 9.88 Å². The number of nitrogens with zero attached hydrogens (tertiary/aromatic N) is 1. The number of aromatic nitrogens is 1. The van der Waals surface area contributed by atoms with E-state index in [0.29, 0.717) is 10.8 Å². The number of para-hydroxylation sites is 2. The molecule has 168 valence electrons. The Labute approximate surface area is 202 Å². The summed E-state index contributed by atoms with van der Waals surface area (Å²) < 4.78 is 1.91. The van der Waals surface area contributed by atoms with Gasteiger partial charge in [0.15, 0.2) is 5.43 Å². The first-order valence-corrected chi connectivity index (χ1v) is 12.0. The van der Waals surface area contributed by atoms with Gasteiger partial charge in [0.2, 0.25) is 5.91 Å². The van der Waals surface area contributed by atoms with E-state index in [9.17, 15) is 9.59 Å². The summed E-state index contributed by atoms with van der Waals surface area (Å²) in [6, 6.07) is 29.2. The summed E-state index contributed by atoms with van der Waals surface area (Å²) in [6.45, 7) is 4.34. The molecule has 5 rings (SSSR count). The highest BCUT2D eigenvalue weighted by Gasteiger charge is 2.13. The van der Waals surface area contributed by atoms with Crippen LogP contribution in [0.1, 0.15) is 11.1 Å². The third-order valence-electron chi connectivity index (χ3n) is 6.03. The van der Waals surface area contributed by atoms with Gasteiger partial charge in [-0.1, -0.05) is 42.1 Å². The second kappa shape index (κ2) is 9.20. The number of aryl methyl sites for hydroxylation is 2. The molecule has 0 aliphatic carbocycles. The van der Waals surface area contributed by atoms with Crippen molar-refractivity contribution in [3.05, 3.63) is 112 Å². The smallest absolute Gasteiger partial charge is 0.244 e. The Bertz CT molecular complexity index is 1530. The number of rotatable bonds is 5. The van der Waals surface area contributed by atoms with Gasteiger partial charge in [0.05, 0.1) is 11.0 Å². The highest BCUT2D eigenvalue weighted by Crippen LogP contribution is 2.30. The number of pyridine rings is 1. The maximum absolute atomic E-state index is 13.0. The molecule has 4 nitrogen and oxygen atoms in total. The van der Waals surface area contributed by atoms with Crippen LogP contribution in [0.2, 0.25) is 0 Å². The second-order valence-corrected chi connectivity index (χ2v) is 9.52. The highest BCUT2D eigenvalue weighted by molar-refractivity contribution is 7.99. The van der Waals surface area contributed by atoms with Crippen molar-refractivity contribution in [3.63, 3.8) is 0 Å². The van der Waals surface area contributed by atoms with Crippen LogP contribution in [0.4, 0.5) is 5.69 Å². The average molecular weight is 465 g/mol. The molecule has 0 unspecified atom stereocenters. The average Bonchev–Trinajstić information content (AvgIpc) is 2.85. The molecular weight excluding hydrogens is 440 g/mol. The molecule has 0 aliphatic heterocycles. The zero-order chi connectivity index (χ0) is 23.7. The topological polar surface area (TPSA) is 51.1 Å². The zero-order valence-electron chi connectivity index (χ0n) is 19.0. The molecular formula is C29H24N2O2S. The van der Waals surface area contributed by atoms with Crippen LogP contribution in [-0.2, 0) is 11.3 Å². The van der Waals surface area contributed by atoms with E-state index in [-0.39, 0.29) is 17.9 Å². The lowest BCUT2D eigenvalue weighted by Gasteiger charge is -2.15. The van der Waals surface area contributed by atoms with E-state index in [4.69, 9.17) is 0 Å². The summed E-state index contributed by atoms with van der Waals surface area (Å²) in [5, 5.41) is 4.22. The van der Waals surface area contributed by atoms with E-state index in [1.807, 2.05) is 77.4 Å². The standard InChI is InChI=1S/C29H24N2O2S/c1-19-11-14-23(17-20(19)2)34-22-15-12-21(13-16-22)30-28(32)18-31-26-9-5-3-7-24(26)29(33)25-8-4-6-10-27(25)31/h3-17H,18H2,1-2H3,(H,30,32). The molecule has 0 radical (unpaired) electrons. The number of nitrogens with one attached hydrogen (secondary N) is 1. The molecule has 0 spiro atoms. The SMILES string of the molecule is Cc1ccc(Sc2ccc(NC(=O)Cn3c4ccccc4c(=O)c4ccccc43)cc2)cc1C. The van der Waals surface area contributed by atoms with E-state index >= 15 is 0 Å². The molecule has 0 fully saturated rings. The van der Waals surface area contributed by atoms with E-state index in [1.54, 1.807) is 11.8 Å². The summed E-state index contributed by atoms with van der Waals surface area (Å²) in [4.78, 5) is 28.2. The van der Waals surface area contributed by atoms with Crippen molar-refractivity contribution >= 4 is 45.2 Å². The van der Waals surface area contributed by atoms with Crippen LogP contribution in [0.15, 0.2) is 106 Å². The van der Waals surface area contributed by atoms with Gasteiger partial charge in [0.25, 0.3) is 0 Å². The number of carbonyl (C=O) groups is 1. The van der Waals surface area contributed by atoms with E-state index in [0.717, 1.165) is 21.6 Å². The molecule has 5 heteroatoms. The largest absolute Gasteiger partial charge is 0.331 e. The molecule has 1 aromatic heterocycles. The molecule has 0 atom stereocenters. The van der Waals surface area contributed by atoms with Crippen LogP contribution < -0.4 is 10.7 Å². The van der Waals surface area contributed by atoms with Gasteiger partial charge in [-0.3, -0.25) is 9.59 Å². The fourth-order valence-electron chi connectivity index (χ4n) is 4.11. The number of amides is 1. The van der Waals surface area contributed by atoms with Crippen molar-refractivity contribution in [1.29, 1.82) is 0 Å². The van der Waals surface area contributed by atoms with E-state index < -0.39 is 0 Å². The molecule has 0 saturated carbocycles. The summed E-state index contributed by atoms with van der Waals surface area (Å²) in [5.41, 5.74) is 4.79. The Hall–Kier alpha value is -3.83. The van der Waals surface area contributed by atoms with Crippen LogP contribution >= 0.6 is 11.8 Å². The fourth-order valence-corrected chi connectivity index (χ4v) is 5.03. The Morgan fingerprint density at radius 2 is 1.35 bits per heavy atom. The lowest BCUT2D eigenvalue weighted by molar-refractivity contribution is -0.116. The molecule has 1 heterocycles. The van der Waals surface area contributed by atoms with Gasteiger partial charge in [-0.15, -0.1) is 0 Å². The first-order chi connectivity index (χ1) is 16.5. The predicted molar refractivity (Wildman–Crippen MR) is 141 cm³/mol. The first kappa shape index (κ1) is 22.0. The summed E-state index contributed by atoms with van der Waals surface area (Å²) in [6.07, 6.45) is 0. The Balaban J connectivity index is 1.37. The number of anilines is 1. The number of benzene rings is 4. The molecule has 34 heavy (non-hydrogen) atoms. The van der Waals surface area contributed by atoms with Crippen LogP contribution in [0, 0.1) is 13.8 Å². The Morgan fingerprint density at radius 3 is 1.97 bits per heavy atom. The van der Waals surface area contributed by atoms with E-state index in [2.05, 4.69) is 37.4 Å². The maximum atomic E-state index is 13.0. The van der Waals surface area contributed by atoms with Crippen molar-refractivity contribution in [1.82, 2.24) is 4.57 Å². The van der Waals surface area contributed by atoms with Crippen LogP contribution in [0.5, 0.6) is 0 Å². The fraction of sp³-hybridized carbons (Fsp3) is 0.103. The highest BCUT2D eigenvalue weighted by atomic mass is 32.2. The molecule has 1 amide bonds. The van der Waals surface area contributed by atoms with Gasteiger partial charge in [-0.25, -0.2) is 0 Å². The van der Waals surface area contributed by atoms with Crippen LogP contribution in [0.25, 0.3) is 21.8 Å². The molecule has 1 N–H and O–H groups in total. The maximum Gasteiger partial charge on any atom is 0.244 e. The molecule has 4 aromatic carbocycles. The van der Waals surface area contributed by atoms with Gasteiger partial charge in [0, 0.05) is 26.3 Å². The monoisotopic (exact) mass is 464 g/mol. The number of hydrogen-bond acceptors (Lipinski definition) is 3. The zero-order valence-corrected chi connectivity index (χ0v) is 19.9. The minimum Gasteiger partial charge on any atom is -0.331 e. The normalized spacial score (nSPS) is 11.1. The van der Waals surface area contributed by atoms with Crippen molar-refractivity contribution in [2.45, 2.75) is 30.2 Å². The number of fused-ring (bicyclic) bond motifs is 2. The predicted octanol–water partition coefficient (Wildman–Crippen LogP) is 6.56. The van der Waals surface area contributed by atoms with Crippen molar-refractivity contribution in [3.8, 4) is 0 Å². The number of carbonyl (C=O) groups excluding carboxylic acids is 1. The third-order valence-corrected chi connectivity index (χ3v) is 7.03. The first-order valence-electron chi connectivity index (χ1n) is 11.1. The summed E-state index contributed by atoms with van der Waals surface area (Å²) in [7, 11) is 0. The second-order valence-electron chi connectivity index (χ2n) is 8.37. The molecule has 0 aliphatic rings. The summed E-state index contributed by atoms with van der Waals surface area (Å²) >= 11 is 1.70. The molecule has 0 saturated heterocycles.